The van der Waals surface area contributed by atoms with Gasteiger partial charge in [0, 0.05) is 5.69 Å². The molecule has 0 aliphatic carbocycles. The highest BCUT2D eigenvalue weighted by molar-refractivity contribution is 7.80. The molecule has 2 atom stereocenters. The number of nitrogens with one attached hydrogen (secondary N) is 3. The lowest BCUT2D eigenvalue weighted by atomic mass is 10.2. The molecule has 0 spiro atoms. The van der Waals surface area contributed by atoms with E-state index in [4.69, 9.17) is 10.5 Å². The number of allylic oxidation sites excluding steroid dienone is 2. The predicted octanol–water partition coefficient (Wildman–Crippen LogP) is 0.610. The number of amides is 3. The lowest BCUT2D eigenvalue weighted by molar-refractivity contribution is -0.151. The number of nitrogens with zero attached hydrogens (tertiary/aromatic N) is 1. The molecule has 0 aromatic carbocycles. The van der Waals surface area contributed by atoms with Gasteiger partial charge in [-0.25, -0.2) is 9.78 Å². The molecule has 1 aromatic rings. The summed E-state index contributed by atoms with van der Waals surface area (Å²) in [6, 6.07) is 1.86. The second-order valence-corrected chi connectivity index (χ2v) is 7.47. The number of carbonyl (C=O) groups is 4. The fraction of sp³-hybridized carbons (Fsp3) is 0.381. The van der Waals surface area contributed by atoms with Crippen LogP contribution in [0.15, 0.2) is 36.1 Å². The van der Waals surface area contributed by atoms with E-state index in [1.165, 1.54) is 25.1 Å². The average molecular weight is 462 g/mol. The Kier molecular flexibility index (Phi) is 9.26. The number of aromatic nitrogens is 1. The Labute approximate surface area is 191 Å². The van der Waals surface area contributed by atoms with Gasteiger partial charge in [0.05, 0.1) is 18.7 Å². The smallest absolute Gasteiger partial charge is 0.328 e. The van der Waals surface area contributed by atoms with Gasteiger partial charge < -0.3 is 26.4 Å². The van der Waals surface area contributed by atoms with E-state index in [0.717, 1.165) is 0 Å². The number of hydrogen-bond acceptors (Lipinski definition) is 8. The number of fused-ring (bicyclic) bond motifs is 2. The van der Waals surface area contributed by atoms with E-state index in [1.807, 2.05) is 0 Å². The number of cyclic esters (lactones) is 1. The number of hydrogen-bond donors (Lipinski definition) is 5. The number of pyridine rings is 1. The minimum atomic E-state index is -1.02. The predicted molar refractivity (Wildman–Crippen MR) is 121 cm³/mol. The van der Waals surface area contributed by atoms with Crippen LogP contribution in [0.5, 0.6) is 0 Å². The van der Waals surface area contributed by atoms with Gasteiger partial charge >= 0.3 is 5.97 Å². The number of rotatable bonds is 3. The highest BCUT2D eigenvalue weighted by Crippen LogP contribution is 2.11. The zero-order valence-electron chi connectivity index (χ0n) is 17.9. The van der Waals surface area contributed by atoms with Crippen molar-refractivity contribution >= 4 is 42.0 Å². The highest BCUT2D eigenvalue weighted by atomic mass is 32.1. The molecule has 0 unspecified atom stereocenters. The highest BCUT2D eigenvalue weighted by Gasteiger charge is 2.24. The third-order valence-electron chi connectivity index (χ3n) is 4.38. The molecule has 0 saturated heterocycles. The zero-order valence-corrected chi connectivity index (χ0v) is 18.8. The van der Waals surface area contributed by atoms with E-state index in [2.05, 4.69) is 33.6 Å². The summed E-state index contributed by atoms with van der Waals surface area (Å²) in [6.07, 6.45) is 4.43. The van der Waals surface area contributed by atoms with Crippen molar-refractivity contribution in [2.24, 2.45) is 0 Å². The van der Waals surface area contributed by atoms with Crippen LogP contribution in [-0.4, -0.2) is 46.6 Å². The van der Waals surface area contributed by atoms with Gasteiger partial charge in [0.15, 0.2) is 0 Å². The molecule has 3 amide bonds. The SMILES string of the molecule is C/C=C1\NC(=O)c2cc(N)cc(n2)CNC(=O)C[C@@H](/C=C/CCS)OC(=O)[C@H](C)NC1=O. The molecule has 2 heterocycles. The number of esters is 1. The van der Waals surface area contributed by atoms with Gasteiger partial charge in [-0.2, -0.15) is 12.6 Å². The molecule has 0 saturated carbocycles. The van der Waals surface area contributed by atoms with Crippen molar-refractivity contribution in [3.05, 3.63) is 47.4 Å². The van der Waals surface area contributed by atoms with E-state index < -0.39 is 35.8 Å². The molecule has 5 N–H and O–H groups in total. The van der Waals surface area contributed by atoms with E-state index >= 15 is 0 Å². The summed E-state index contributed by atoms with van der Waals surface area (Å²) in [5.74, 6) is -1.86. The lowest BCUT2D eigenvalue weighted by Crippen LogP contribution is -2.44. The van der Waals surface area contributed by atoms with Crippen LogP contribution >= 0.6 is 12.6 Å². The molecule has 1 aliphatic heterocycles. The van der Waals surface area contributed by atoms with Crippen molar-refractivity contribution < 1.29 is 23.9 Å². The number of nitrogen functional groups attached to an aromatic ring is 1. The minimum absolute atomic E-state index is 0.0124. The van der Waals surface area contributed by atoms with Gasteiger partial charge in [0.2, 0.25) is 5.91 Å². The third kappa shape index (κ3) is 7.41. The number of carbonyl (C=O) groups excluding carboxylic acids is 4. The van der Waals surface area contributed by atoms with Crippen molar-refractivity contribution in [3.63, 3.8) is 0 Å². The molecule has 11 heteroatoms. The fourth-order valence-corrected chi connectivity index (χ4v) is 2.91. The fourth-order valence-electron chi connectivity index (χ4n) is 2.76. The minimum Gasteiger partial charge on any atom is -0.456 e. The van der Waals surface area contributed by atoms with Crippen LogP contribution in [0.3, 0.4) is 0 Å². The maximum atomic E-state index is 12.6. The van der Waals surface area contributed by atoms with Gasteiger partial charge in [0.25, 0.3) is 11.8 Å². The molecule has 2 rings (SSSR count). The zero-order chi connectivity index (χ0) is 23.7. The summed E-state index contributed by atoms with van der Waals surface area (Å²) >= 11 is 4.13. The lowest BCUT2D eigenvalue weighted by Gasteiger charge is -2.20. The molecule has 0 radical (unpaired) electrons. The Morgan fingerprint density at radius 3 is 2.69 bits per heavy atom. The molecule has 32 heavy (non-hydrogen) atoms. The molecular formula is C21H27N5O5S. The summed E-state index contributed by atoms with van der Waals surface area (Å²) in [7, 11) is 0. The van der Waals surface area contributed by atoms with E-state index in [-0.39, 0.29) is 30.0 Å². The summed E-state index contributed by atoms with van der Waals surface area (Å²) in [5.41, 5.74) is 6.41. The van der Waals surface area contributed by atoms with Gasteiger partial charge in [0.1, 0.15) is 23.5 Å². The topological polar surface area (TPSA) is 153 Å². The quantitative estimate of drug-likeness (QED) is 0.191. The molecule has 1 aromatic heterocycles. The van der Waals surface area contributed by atoms with Crippen molar-refractivity contribution in [2.75, 3.05) is 11.5 Å². The molecule has 2 bridgehead atoms. The Morgan fingerprint density at radius 2 is 2.00 bits per heavy atom. The van der Waals surface area contributed by atoms with Crippen LogP contribution in [0.25, 0.3) is 0 Å². The van der Waals surface area contributed by atoms with Gasteiger partial charge in [-0.1, -0.05) is 12.2 Å². The first-order valence-electron chi connectivity index (χ1n) is 10.0. The van der Waals surface area contributed by atoms with Crippen LogP contribution in [-0.2, 0) is 25.7 Å². The first kappa shape index (κ1) is 24.9. The van der Waals surface area contributed by atoms with E-state index in [9.17, 15) is 19.2 Å². The van der Waals surface area contributed by atoms with Crippen LogP contribution in [0.1, 0.15) is 42.9 Å². The second kappa shape index (κ2) is 11.9. The molecule has 0 fully saturated rings. The number of nitrogens with two attached hydrogens (primary N) is 1. The van der Waals surface area contributed by atoms with Gasteiger partial charge in [-0.15, -0.1) is 0 Å². The second-order valence-electron chi connectivity index (χ2n) is 7.03. The Bertz CT molecular complexity index is 947. The van der Waals surface area contributed by atoms with Crippen molar-refractivity contribution in [1.82, 2.24) is 20.9 Å². The number of thiol groups is 1. The van der Waals surface area contributed by atoms with E-state index in [0.29, 0.717) is 17.9 Å². The molecular weight excluding hydrogens is 434 g/mol. The summed E-state index contributed by atoms with van der Waals surface area (Å²) in [6.45, 7) is 3.02. The third-order valence-corrected chi connectivity index (χ3v) is 4.64. The molecule has 1 aliphatic rings. The van der Waals surface area contributed by atoms with Crippen LogP contribution in [0.4, 0.5) is 5.69 Å². The van der Waals surface area contributed by atoms with Crippen LogP contribution in [0.2, 0.25) is 0 Å². The van der Waals surface area contributed by atoms with Crippen LogP contribution < -0.4 is 21.7 Å². The van der Waals surface area contributed by atoms with Crippen molar-refractivity contribution in [2.45, 2.75) is 45.4 Å². The van der Waals surface area contributed by atoms with Crippen LogP contribution in [0, 0.1) is 0 Å². The van der Waals surface area contributed by atoms with Crippen molar-refractivity contribution in [3.8, 4) is 0 Å². The number of ether oxygens (including phenoxy) is 1. The Morgan fingerprint density at radius 1 is 1.25 bits per heavy atom. The monoisotopic (exact) mass is 461 g/mol. The van der Waals surface area contributed by atoms with Gasteiger partial charge in [-0.3, -0.25) is 14.4 Å². The Hall–Kier alpha value is -3.34. The largest absolute Gasteiger partial charge is 0.456 e. The first-order valence-corrected chi connectivity index (χ1v) is 10.7. The maximum Gasteiger partial charge on any atom is 0.328 e. The van der Waals surface area contributed by atoms with Gasteiger partial charge in [-0.05, 0) is 44.2 Å². The maximum absolute atomic E-state index is 12.6. The summed E-state index contributed by atoms with van der Waals surface area (Å²) < 4.78 is 5.41. The van der Waals surface area contributed by atoms with Crippen molar-refractivity contribution in [1.29, 1.82) is 0 Å². The Balaban J connectivity index is 2.36. The molecule has 172 valence electrons. The molecule has 10 nitrogen and oxygen atoms in total. The standard InChI is InChI=1S/C21H27N5O5S/c1-3-16-19(28)24-12(2)21(30)31-15(6-4-5-7-32)10-18(27)23-11-14-8-13(22)9-17(25-14)20(29)26-16/h3-4,6,8-9,12,15,32H,5,7,10-11H2,1-2H3,(H2,22,25)(H,23,27)(H,24,28)(H,26,29)/b6-4+,16-3-/t12-,15+/m0/s1. The average Bonchev–Trinajstić information content (AvgIpc) is 2.74. The number of anilines is 1. The summed E-state index contributed by atoms with van der Waals surface area (Å²) in [5, 5.41) is 7.61. The van der Waals surface area contributed by atoms with E-state index in [1.54, 1.807) is 19.1 Å². The first-order chi connectivity index (χ1) is 15.2. The summed E-state index contributed by atoms with van der Waals surface area (Å²) in [4.78, 5) is 54.2. The normalized spacial score (nSPS) is 22.3.